The monoisotopic (exact) mass is 174 g/mol. The van der Waals surface area contributed by atoms with E-state index in [0.717, 1.165) is 39.3 Å². The van der Waals surface area contributed by atoms with Crippen LogP contribution in [0.25, 0.3) is 0 Å². The van der Waals surface area contributed by atoms with Gasteiger partial charge in [0.2, 0.25) is 0 Å². The highest BCUT2D eigenvalue weighted by molar-refractivity contribution is 4.64. The molecule has 2 heterocycles. The van der Waals surface area contributed by atoms with Crippen LogP contribution in [0.4, 0.5) is 0 Å². The first-order valence-corrected chi connectivity index (χ1v) is 4.45. The Morgan fingerprint density at radius 2 is 1.25 bits per heavy atom. The fourth-order valence-electron chi connectivity index (χ4n) is 1.11. The van der Waals surface area contributed by atoms with Crippen molar-refractivity contribution in [3.8, 4) is 0 Å². The number of rotatable bonds is 0. The van der Waals surface area contributed by atoms with Crippen LogP contribution >= 0.6 is 0 Å². The average Bonchev–Trinajstić information content (AvgIpc) is 2.63. The molecule has 2 aliphatic heterocycles. The molecule has 2 rings (SSSR count). The Morgan fingerprint density at radius 3 is 1.33 bits per heavy atom. The minimum Gasteiger partial charge on any atom is -0.380 e. The zero-order chi connectivity index (χ0) is 8.81. The van der Waals surface area contributed by atoms with E-state index in [-0.39, 0.29) is 0 Å². The summed E-state index contributed by atoms with van der Waals surface area (Å²) >= 11 is 0. The first-order chi connectivity index (χ1) is 5.79. The molecular formula is C8H18N2O2. The SMILES string of the molecule is N[C@@H]1CCOC1.N[C@H]1CCOC1. The van der Waals surface area contributed by atoms with E-state index < -0.39 is 0 Å². The van der Waals surface area contributed by atoms with Crippen molar-refractivity contribution in [3.63, 3.8) is 0 Å². The maximum absolute atomic E-state index is 5.41. The highest BCUT2D eigenvalue weighted by Gasteiger charge is 2.08. The van der Waals surface area contributed by atoms with Gasteiger partial charge in [0.15, 0.2) is 0 Å². The molecular weight excluding hydrogens is 156 g/mol. The third-order valence-electron chi connectivity index (χ3n) is 1.93. The van der Waals surface area contributed by atoms with Gasteiger partial charge in [-0.2, -0.15) is 0 Å². The zero-order valence-electron chi connectivity index (χ0n) is 7.37. The predicted molar refractivity (Wildman–Crippen MR) is 46.8 cm³/mol. The normalized spacial score (nSPS) is 34.5. The summed E-state index contributed by atoms with van der Waals surface area (Å²) in [4.78, 5) is 0. The number of hydrogen-bond donors (Lipinski definition) is 2. The van der Waals surface area contributed by atoms with Crippen molar-refractivity contribution in [1.29, 1.82) is 0 Å². The molecule has 12 heavy (non-hydrogen) atoms. The summed E-state index contributed by atoms with van der Waals surface area (Å²) in [5.41, 5.74) is 10.8. The second-order valence-corrected chi connectivity index (χ2v) is 3.25. The highest BCUT2D eigenvalue weighted by atomic mass is 16.5. The van der Waals surface area contributed by atoms with Crippen LogP contribution in [0.2, 0.25) is 0 Å². The Balaban J connectivity index is 0.000000120. The summed E-state index contributed by atoms with van der Waals surface area (Å²) in [6.07, 6.45) is 2.08. The summed E-state index contributed by atoms with van der Waals surface area (Å²) in [5, 5.41) is 0. The molecule has 2 fully saturated rings. The van der Waals surface area contributed by atoms with Gasteiger partial charge >= 0.3 is 0 Å². The van der Waals surface area contributed by atoms with Gasteiger partial charge in [-0.1, -0.05) is 0 Å². The van der Waals surface area contributed by atoms with E-state index in [0.29, 0.717) is 12.1 Å². The van der Waals surface area contributed by atoms with Crippen molar-refractivity contribution < 1.29 is 9.47 Å². The van der Waals surface area contributed by atoms with Gasteiger partial charge in [0.25, 0.3) is 0 Å². The lowest BCUT2D eigenvalue weighted by Crippen LogP contribution is -2.18. The van der Waals surface area contributed by atoms with E-state index in [2.05, 4.69) is 0 Å². The van der Waals surface area contributed by atoms with Crippen LogP contribution in [0.1, 0.15) is 12.8 Å². The molecule has 0 bridgehead atoms. The van der Waals surface area contributed by atoms with E-state index in [1.165, 1.54) is 0 Å². The van der Waals surface area contributed by atoms with Crippen molar-refractivity contribution >= 4 is 0 Å². The van der Waals surface area contributed by atoms with Gasteiger partial charge in [0.1, 0.15) is 0 Å². The van der Waals surface area contributed by atoms with Crippen LogP contribution in [0, 0.1) is 0 Å². The Morgan fingerprint density at radius 1 is 0.833 bits per heavy atom. The predicted octanol–water partition coefficient (Wildman–Crippen LogP) is -0.532. The van der Waals surface area contributed by atoms with Crippen molar-refractivity contribution in [2.24, 2.45) is 11.5 Å². The van der Waals surface area contributed by atoms with Gasteiger partial charge in [-0.3, -0.25) is 0 Å². The maximum atomic E-state index is 5.41. The third kappa shape index (κ3) is 4.01. The topological polar surface area (TPSA) is 70.5 Å². The maximum Gasteiger partial charge on any atom is 0.0618 e. The van der Waals surface area contributed by atoms with Gasteiger partial charge in [0, 0.05) is 25.3 Å². The largest absolute Gasteiger partial charge is 0.380 e. The van der Waals surface area contributed by atoms with E-state index in [4.69, 9.17) is 20.9 Å². The molecule has 0 aromatic heterocycles. The van der Waals surface area contributed by atoms with Crippen LogP contribution in [-0.4, -0.2) is 38.5 Å². The standard InChI is InChI=1S/2C4H9NO/c2*5-4-1-2-6-3-4/h2*4H,1-3,5H2/t2*4-/m10/s1. The molecule has 0 amide bonds. The van der Waals surface area contributed by atoms with E-state index in [1.54, 1.807) is 0 Å². The fourth-order valence-corrected chi connectivity index (χ4v) is 1.11. The van der Waals surface area contributed by atoms with Crippen LogP contribution in [-0.2, 0) is 9.47 Å². The van der Waals surface area contributed by atoms with Gasteiger partial charge in [0.05, 0.1) is 13.2 Å². The van der Waals surface area contributed by atoms with Crippen LogP contribution < -0.4 is 11.5 Å². The Kier molecular flexibility index (Phi) is 4.53. The third-order valence-corrected chi connectivity index (χ3v) is 1.93. The average molecular weight is 174 g/mol. The second kappa shape index (κ2) is 5.48. The first kappa shape index (κ1) is 9.92. The summed E-state index contributed by atoms with van der Waals surface area (Å²) in [6, 6.07) is 0.648. The van der Waals surface area contributed by atoms with Crippen molar-refractivity contribution in [2.75, 3.05) is 26.4 Å². The van der Waals surface area contributed by atoms with Gasteiger partial charge < -0.3 is 20.9 Å². The molecule has 0 saturated carbocycles. The van der Waals surface area contributed by atoms with Crippen molar-refractivity contribution in [2.45, 2.75) is 24.9 Å². The molecule has 0 unspecified atom stereocenters. The van der Waals surface area contributed by atoms with Crippen molar-refractivity contribution in [1.82, 2.24) is 0 Å². The molecule has 0 radical (unpaired) electrons. The first-order valence-electron chi connectivity index (χ1n) is 4.45. The minimum absolute atomic E-state index is 0.324. The highest BCUT2D eigenvalue weighted by Crippen LogP contribution is 1.98. The lowest BCUT2D eigenvalue weighted by Gasteiger charge is -1.90. The molecule has 4 N–H and O–H groups in total. The minimum atomic E-state index is 0.324. The summed E-state index contributed by atoms with van der Waals surface area (Å²) in [7, 11) is 0. The summed E-state index contributed by atoms with van der Waals surface area (Å²) < 4.78 is 9.86. The molecule has 2 aliphatic rings. The number of ether oxygens (including phenoxy) is 2. The summed E-state index contributed by atoms with van der Waals surface area (Å²) in [6.45, 7) is 3.25. The number of hydrogen-bond acceptors (Lipinski definition) is 4. The molecule has 4 nitrogen and oxygen atoms in total. The van der Waals surface area contributed by atoms with E-state index >= 15 is 0 Å². The molecule has 0 aliphatic carbocycles. The molecule has 0 spiro atoms. The molecule has 2 atom stereocenters. The van der Waals surface area contributed by atoms with Crippen molar-refractivity contribution in [3.05, 3.63) is 0 Å². The second-order valence-electron chi connectivity index (χ2n) is 3.25. The van der Waals surface area contributed by atoms with Crippen LogP contribution in [0.15, 0.2) is 0 Å². The molecule has 2 saturated heterocycles. The lowest BCUT2D eigenvalue weighted by molar-refractivity contribution is 0.194. The van der Waals surface area contributed by atoms with Gasteiger partial charge in [-0.15, -0.1) is 0 Å². The smallest absolute Gasteiger partial charge is 0.0618 e. The molecule has 72 valence electrons. The Hall–Kier alpha value is -0.160. The van der Waals surface area contributed by atoms with Crippen LogP contribution in [0.5, 0.6) is 0 Å². The van der Waals surface area contributed by atoms with E-state index in [1.807, 2.05) is 0 Å². The fraction of sp³-hybridized carbons (Fsp3) is 1.00. The Labute approximate surface area is 73.2 Å². The van der Waals surface area contributed by atoms with Crippen LogP contribution in [0.3, 0.4) is 0 Å². The molecule has 0 aromatic rings. The lowest BCUT2D eigenvalue weighted by atomic mass is 10.3. The van der Waals surface area contributed by atoms with Gasteiger partial charge in [-0.25, -0.2) is 0 Å². The Bertz CT molecular complexity index is 95.6. The molecule has 0 aromatic carbocycles. The summed E-state index contributed by atoms with van der Waals surface area (Å²) in [5.74, 6) is 0. The van der Waals surface area contributed by atoms with Gasteiger partial charge in [-0.05, 0) is 12.8 Å². The quantitative estimate of drug-likeness (QED) is 0.518. The zero-order valence-corrected chi connectivity index (χ0v) is 7.37. The number of nitrogens with two attached hydrogens (primary N) is 2. The molecule has 4 heteroatoms. The van der Waals surface area contributed by atoms with E-state index in [9.17, 15) is 0 Å².